The first-order valence-electron chi connectivity index (χ1n) is 4.98. The van der Waals surface area contributed by atoms with Crippen LogP contribution in [0.2, 0.25) is 0 Å². The zero-order valence-corrected chi connectivity index (χ0v) is 9.89. The fourth-order valence-corrected chi connectivity index (χ4v) is 2.19. The van der Waals surface area contributed by atoms with Gasteiger partial charge < -0.3 is 4.57 Å². The minimum atomic E-state index is -9.55. The Bertz CT molecular complexity index is 558. The largest absolute Gasteiger partial charge is 0.348 e. The van der Waals surface area contributed by atoms with Crippen molar-refractivity contribution in [1.29, 1.82) is 0 Å². The molecule has 0 fully saturated rings. The van der Waals surface area contributed by atoms with Crippen LogP contribution >= 0.6 is 10.2 Å². The highest BCUT2D eigenvalue weighted by atomic mass is 32.5. The number of rotatable bonds is 3. The maximum Gasteiger partial charge on any atom is 0.311 e. The highest BCUT2D eigenvalue weighted by molar-refractivity contribution is 8.45. The van der Waals surface area contributed by atoms with Gasteiger partial charge >= 0.3 is 10.2 Å². The van der Waals surface area contributed by atoms with E-state index in [0.29, 0.717) is 12.3 Å². The smallest absolute Gasteiger partial charge is 0.311 e. The second kappa shape index (κ2) is 3.28. The average molecular weight is 283 g/mol. The van der Waals surface area contributed by atoms with Gasteiger partial charge in [-0.15, -0.1) is 0 Å². The van der Waals surface area contributed by atoms with E-state index in [1.54, 1.807) is 30.3 Å². The topological polar surface area (TPSA) is 4.93 Å². The van der Waals surface area contributed by atoms with Gasteiger partial charge in [0.05, 0.1) is 0 Å². The van der Waals surface area contributed by atoms with Crippen molar-refractivity contribution in [3.63, 3.8) is 0 Å². The molecule has 0 N–H and O–H groups in total. The molecule has 0 amide bonds. The van der Waals surface area contributed by atoms with Crippen LogP contribution in [0.1, 0.15) is 5.56 Å². The molecule has 0 saturated heterocycles. The molecule has 18 heavy (non-hydrogen) atoms. The number of hydrogen-bond acceptors (Lipinski definition) is 0. The predicted octanol–water partition coefficient (Wildman–Crippen LogP) is 5.19. The number of benzene rings is 1. The lowest BCUT2D eigenvalue weighted by atomic mass is 10.2. The monoisotopic (exact) mass is 283 g/mol. The van der Waals surface area contributed by atoms with E-state index in [1.807, 2.05) is 0 Å². The van der Waals surface area contributed by atoms with Gasteiger partial charge in [0.1, 0.15) is 4.90 Å². The third-order valence-corrected chi connectivity index (χ3v) is 3.51. The summed E-state index contributed by atoms with van der Waals surface area (Å²) in [5.74, 6) is 0. The Kier molecular flexibility index (Phi) is 2.36. The molecule has 0 aliphatic rings. The summed E-state index contributed by atoms with van der Waals surface area (Å²) in [6.45, 7) is 0.120. The minimum Gasteiger partial charge on any atom is -0.348 e. The van der Waals surface area contributed by atoms with Gasteiger partial charge in [-0.3, -0.25) is 0 Å². The minimum absolute atomic E-state index is 0.120. The Morgan fingerprint density at radius 1 is 0.889 bits per heavy atom. The standard InChI is InChI=1S/C11H10F5NS/c12-18(13,14,15,16)11-6-7-17(9-11)8-10-4-2-1-3-5-10/h1-7,9H,8H2. The molecule has 2 rings (SSSR count). The molecule has 1 aromatic heterocycles. The van der Waals surface area contributed by atoms with Crippen molar-refractivity contribution in [2.45, 2.75) is 11.4 Å². The van der Waals surface area contributed by atoms with Gasteiger partial charge in [-0.2, -0.15) is 0 Å². The van der Waals surface area contributed by atoms with Crippen LogP contribution in [0, 0.1) is 0 Å². The zero-order valence-electron chi connectivity index (χ0n) is 9.07. The molecule has 0 radical (unpaired) electrons. The summed E-state index contributed by atoms with van der Waals surface area (Å²) in [4.78, 5) is -1.86. The SMILES string of the molecule is FS(F)(F)(F)(F)c1ccn(Cc2ccccc2)c1. The lowest BCUT2D eigenvalue weighted by molar-refractivity contribution is 0.364. The molecule has 100 valence electrons. The third-order valence-electron chi connectivity index (χ3n) is 2.38. The van der Waals surface area contributed by atoms with E-state index in [1.165, 1.54) is 0 Å². The van der Waals surface area contributed by atoms with E-state index in [9.17, 15) is 19.4 Å². The van der Waals surface area contributed by atoms with Crippen LogP contribution in [-0.4, -0.2) is 4.57 Å². The molecular formula is C11H10F5NS. The van der Waals surface area contributed by atoms with Crippen molar-refractivity contribution in [1.82, 2.24) is 4.57 Å². The van der Waals surface area contributed by atoms with Gasteiger partial charge in [0.15, 0.2) is 0 Å². The summed E-state index contributed by atoms with van der Waals surface area (Å²) in [7, 11) is -9.55. The Morgan fingerprint density at radius 3 is 2.00 bits per heavy atom. The second-order valence-electron chi connectivity index (χ2n) is 3.97. The van der Waals surface area contributed by atoms with Crippen molar-refractivity contribution in [3.05, 3.63) is 54.4 Å². The normalized spacial score (nSPS) is 16.1. The number of aromatic nitrogens is 1. The Hall–Kier alpha value is -1.50. The first-order chi connectivity index (χ1) is 8.04. The lowest BCUT2D eigenvalue weighted by Crippen LogP contribution is -2.05. The van der Waals surface area contributed by atoms with Crippen LogP contribution in [0.25, 0.3) is 0 Å². The molecule has 1 nitrogen and oxygen atoms in total. The van der Waals surface area contributed by atoms with E-state index < -0.39 is 15.1 Å². The fourth-order valence-electron chi connectivity index (χ4n) is 1.54. The van der Waals surface area contributed by atoms with Gasteiger partial charge in [0.2, 0.25) is 0 Å². The van der Waals surface area contributed by atoms with Crippen LogP contribution in [0.3, 0.4) is 0 Å². The Morgan fingerprint density at radius 2 is 1.50 bits per heavy atom. The second-order valence-corrected chi connectivity index (χ2v) is 6.38. The summed E-state index contributed by atoms with van der Waals surface area (Å²) in [6.07, 6.45) is 1.44. The van der Waals surface area contributed by atoms with E-state index >= 15 is 0 Å². The van der Waals surface area contributed by atoms with Gasteiger partial charge in [-0.1, -0.05) is 49.8 Å². The molecule has 0 aliphatic heterocycles. The van der Waals surface area contributed by atoms with Gasteiger partial charge in [-0.25, -0.2) is 0 Å². The molecule has 0 atom stereocenters. The molecule has 1 aromatic carbocycles. The first kappa shape index (κ1) is 12.9. The molecule has 0 unspecified atom stereocenters. The van der Waals surface area contributed by atoms with Crippen LogP contribution < -0.4 is 0 Å². The van der Waals surface area contributed by atoms with Crippen LogP contribution in [0.5, 0.6) is 0 Å². The summed E-state index contributed by atoms with van der Waals surface area (Å²) >= 11 is 0. The average Bonchev–Trinajstić information content (AvgIpc) is 2.66. The number of nitrogens with zero attached hydrogens (tertiary/aromatic N) is 1. The van der Waals surface area contributed by atoms with Crippen LogP contribution in [-0.2, 0) is 6.54 Å². The van der Waals surface area contributed by atoms with Crippen LogP contribution in [0.4, 0.5) is 19.4 Å². The molecule has 1 heterocycles. The van der Waals surface area contributed by atoms with Gasteiger partial charge in [0, 0.05) is 18.9 Å². The highest BCUT2D eigenvalue weighted by Gasteiger charge is 2.65. The van der Waals surface area contributed by atoms with E-state index in [-0.39, 0.29) is 6.54 Å². The quantitative estimate of drug-likeness (QED) is 0.683. The molecule has 0 spiro atoms. The predicted molar refractivity (Wildman–Crippen MR) is 61.4 cm³/mol. The van der Waals surface area contributed by atoms with Gasteiger partial charge in [0.25, 0.3) is 0 Å². The molecule has 0 aliphatic carbocycles. The van der Waals surface area contributed by atoms with Crippen molar-refractivity contribution in [2.24, 2.45) is 0 Å². The Labute approximate surface area is 101 Å². The lowest BCUT2D eigenvalue weighted by Gasteiger charge is -2.39. The van der Waals surface area contributed by atoms with Crippen LogP contribution in [0.15, 0.2) is 53.7 Å². The number of halogens is 5. The summed E-state index contributed by atoms with van der Waals surface area (Å²) in [5, 5.41) is 0. The summed E-state index contributed by atoms with van der Waals surface area (Å²) < 4.78 is 63.5. The fraction of sp³-hybridized carbons (Fsp3) is 0.0909. The summed E-state index contributed by atoms with van der Waals surface area (Å²) in [6, 6.07) is 9.04. The van der Waals surface area contributed by atoms with E-state index in [4.69, 9.17) is 0 Å². The zero-order chi connectivity index (χ0) is 13.5. The maximum atomic E-state index is 12.5. The molecule has 0 saturated carbocycles. The third kappa shape index (κ3) is 3.04. The van der Waals surface area contributed by atoms with Crippen molar-refractivity contribution in [3.8, 4) is 0 Å². The first-order valence-corrected chi connectivity index (χ1v) is 6.93. The van der Waals surface area contributed by atoms with Crippen molar-refractivity contribution in [2.75, 3.05) is 0 Å². The number of hydrogen-bond donors (Lipinski definition) is 0. The van der Waals surface area contributed by atoms with Gasteiger partial charge in [-0.05, 0) is 11.6 Å². The molecule has 0 bridgehead atoms. The molecular weight excluding hydrogens is 273 g/mol. The molecule has 7 heteroatoms. The highest BCUT2D eigenvalue weighted by Crippen LogP contribution is 3.02. The maximum absolute atomic E-state index is 12.5. The van der Waals surface area contributed by atoms with E-state index in [2.05, 4.69) is 0 Å². The van der Waals surface area contributed by atoms with Crippen molar-refractivity contribution >= 4 is 10.2 Å². The van der Waals surface area contributed by atoms with E-state index in [0.717, 1.165) is 16.3 Å². The summed E-state index contributed by atoms with van der Waals surface area (Å²) in [5.41, 5.74) is 0.738. The molecule has 2 aromatic rings. The van der Waals surface area contributed by atoms with Crippen molar-refractivity contribution < 1.29 is 19.4 Å². The Balaban J connectivity index is 2.28.